The monoisotopic (exact) mass is 391 g/mol. The predicted molar refractivity (Wildman–Crippen MR) is 107 cm³/mol. The van der Waals surface area contributed by atoms with E-state index in [0.29, 0.717) is 45.3 Å². The molecule has 6 heteroatoms. The molecule has 1 saturated heterocycles. The third-order valence-electron chi connectivity index (χ3n) is 5.65. The Morgan fingerprint density at radius 2 is 2.07 bits per heavy atom. The van der Waals surface area contributed by atoms with Gasteiger partial charge >= 0.3 is 5.97 Å². The van der Waals surface area contributed by atoms with Crippen molar-refractivity contribution in [1.82, 2.24) is 4.90 Å². The maximum absolute atomic E-state index is 12.6. The van der Waals surface area contributed by atoms with E-state index in [-0.39, 0.29) is 12.5 Å². The summed E-state index contributed by atoms with van der Waals surface area (Å²) < 4.78 is 5.55. The summed E-state index contributed by atoms with van der Waals surface area (Å²) in [5, 5.41) is 20.0. The van der Waals surface area contributed by atoms with E-state index in [0.717, 1.165) is 23.3 Å². The molecule has 1 aromatic rings. The van der Waals surface area contributed by atoms with Gasteiger partial charge in [-0.3, -0.25) is 9.59 Å². The van der Waals surface area contributed by atoms with Crippen LogP contribution in [0.3, 0.4) is 0 Å². The lowest BCUT2D eigenvalue weighted by molar-refractivity contribution is -0.166. The van der Waals surface area contributed by atoms with E-state index in [1.807, 2.05) is 32.9 Å². The highest BCUT2D eigenvalue weighted by Gasteiger charge is 2.49. The maximum atomic E-state index is 12.6. The largest absolute Gasteiger partial charge is 0.494 e. The third-order valence-corrected chi connectivity index (χ3v) is 5.65. The number of benzene rings is 1. The normalized spacial score (nSPS) is 22.1. The first kappa shape index (κ1) is 22.2. The van der Waals surface area contributed by atoms with Gasteiger partial charge in [-0.15, -0.1) is 0 Å². The smallest absolute Gasteiger partial charge is 0.314 e. The summed E-state index contributed by atoms with van der Waals surface area (Å²) in [5.41, 5.74) is 1.00. The predicted octanol–water partition coefficient (Wildman–Crippen LogP) is 3.18. The molecule has 6 nitrogen and oxygen atoms in total. The quantitative estimate of drug-likeness (QED) is 0.675. The number of carbonyl (C=O) groups is 2. The Kier molecular flexibility index (Phi) is 7.87. The van der Waals surface area contributed by atoms with E-state index < -0.39 is 17.5 Å². The van der Waals surface area contributed by atoms with Gasteiger partial charge in [0.2, 0.25) is 5.91 Å². The second-order valence-corrected chi connectivity index (χ2v) is 7.72. The minimum absolute atomic E-state index is 0.0312. The second-order valence-electron chi connectivity index (χ2n) is 7.72. The Labute approximate surface area is 167 Å². The first-order valence-corrected chi connectivity index (χ1v) is 10.3. The van der Waals surface area contributed by atoms with Gasteiger partial charge in [-0.25, -0.2) is 0 Å². The van der Waals surface area contributed by atoms with E-state index >= 15 is 0 Å². The molecule has 0 radical (unpaired) electrons. The lowest BCUT2D eigenvalue weighted by Crippen LogP contribution is -2.57. The zero-order valence-electron chi connectivity index (χ0n) is 17.2. The van der Waals surface area contributed by atoms with E-state index in [2.05, 4.69) is 6.07 Å². The number of ether oxygens (including phenoxy) is 1. The molecule has 156 valence electrons. The Hall–Kier alpha value is -2.08. The summed E-state index contributed by atoms with van der Waals surface area (Å²) >= 11 is 0. The van der Waals surface area contributed by atoms with E-state index in [1.165, 1.54) is 0 Å². The number of likely N-dealkylation sites (tertiary alicyclic amines) is 1. The molecule has 2 N–H and O–H groups in total. The molecule has 1 heterocycles. The van der Waals surface area contributed by atoms with Crippen molar-refractivity contribution in [2.45, 2.75) is 65.4 Å². The third kappa shape index (κ3) is 5.04. The number of aliphatic carboxylic acids is 1. The summed E-state index contributed by atoms with van der Waals surface area (Å²) in [6.45, 7) is 7.02. The lowest BCUT2D eigenvalue weighted by Gasteiger charge is -2.43. The highest BCUT2D eigenvalue weighted by molar-refractivity contribution is 5.80. The van der Waals surface area contributed by atoms with E-state index in [9.17, 15) is 19.8 Å². The fourth-order valence-corrected chi connectivity index (χ4v) is 4.09. The van der Waals surface area contributed by atoms with Crippen LogP contribution in [-0.2, 0) is 16.0 Å². The number of amides is 1. The molecule has 0 spiro atoms. The summed E-state index contributed by atoms with van der Waals surface area (Å²) in [5.74, 6) is -0.157. The van der Waals surface area contributed by atoms with Crippen LogP contribution < -0.4 is 4.74 Å². The van der Waals surface area contributed by atoms with E-state index in [4.69, 9.17) is 4.74 Å². The minimum Gasteiger partial charge on any atom is -0.494 e. The molecule has 1 aromatic carbocycles. The Bertz CT molecular complexity index is 690. The second kappa shape index (κ2) is 9.92. The minimum atomic E-state index is -1.24. The summed E-state index contributed by atoms with van der Waals surface area (Å²) in [6.07, 6.45) is 2.32. The van der Waals surface area contributed by atoms with Gasteiger partial charge in [0.1, 0.15) is 11.2 Å². The summed E-state index contributed by atoms with van der Waals surface area (Å²) in [4.78, 5) is 26.1. The fraction of sp³-hybridized carbons (Fsp3) is 0.636. The molecule has 28 heavy (non-hydrogen) atoms. The van der Waals surface area contributed by atoms with Crippen LogP contribution in [-0.4, -0.2) is 52.8 Å². The molecule has 0 aliphatic carbocycles. The average Bonchev–Trinajstić information content (AvgIpc) is 2.65. The Morgan fingerprint density at radius 1 is 1.32 bits per heavy atom. The van der Waals surface area contributed by atoms with Gasteiger partial charge in [-0.05, 0) is 56.7 Å². The van der Waals surface area contributed by atoms with Crippen LogP contribution in [0.5, 0.6) is 5.75 Å². The van der Waals surface area contributed by atoms with Crippen molar-refractivity contribution < 1.29 is 24.5 Å². The number of aliphatic hydroxyl groups excluding tert-OH is 1. The number of piperidine rings is 1. The van der Waals surface area contributed by atoms with Crippen molar-refractivity contribution in [2.75, 3.05) is 19.7 Å². The zero-order valence-corrected chi connectivity index (χ0v) is 17.2. The number of rotatable bonds is 9. The number of aryl methyl sites for hydroxylation is 2. The van der Waals surface area contributed by atoms with Crippen LogP contribution >= 0.6 is 0 Å². The standard InChI is InChI=1S/C22H33NO5/c1-4-12-22(21(26)27)15-23(13-11-19(22)24)20(25)8-6-7-17-9-10-18(28-5-2)16(3)14-17/h9-10,14,19,24H,4-8,11-13,15H2,1-3H3,(H,26,27)/t19-,22-/m1/s1. The van der Waals surface area contributed by atoms with Crippen molar-refractivity contribution in [3.05, 3.63) is 29.3 Å². The lowest BCUT2D eigenvalue weighted by atomic mass is 9.74. The first-order valence-electron chi connectivity index (χ1n) is 10.3. The highest BCUT2D eigenvalue weighted by atomic mass is 16.5. The average molecular weight is 392 g/mol. The fourth-order valence-electron chi connectivity index (χ4n) is 4.09. The first-order chi connectivity index (χ1) is 13.3. The maximum Gasteiger partial charge on any atom is 0.314 e. The number of carboxylic acids is 1. The van der Waals surface area contributed by atoms with Crippen molar-refractivity contribution in [3.8, 4) is 5.75 Å². The molecule has 0 saturated carbocycles. The Morgan fingerprint density at radius 3 is 2.68 bits per heavy atom. The van der Waals surface area contributed by atoms with Crippen LogP contribution in [0.25, 0.3) is 0 Å². The number of nitrogens with zero attached hydrogens (tertiary/aromatic N) is 1. The molecular weight excluding hydrogens is 358 g/mol. The zero-order chi connectivity index (χ0) is 20.7. The number of aliphatic hydroxyl groups is 1. The van der Waals surface area contributed by atoms with Crippen LogP contribution in [0.1, 0.15) is 57.1 Å². The molecule has 0 bridgehead atoms. The van der Waals surface area contributed by atoms with Crippen molar-refractivity contribution >= 4 is 11.9 Å². The molecule has 1 fully saturated rings. The molecule has 1 aliphatic rings. The van der Waals surface area contributed by atoms with Crippen molar-refractivity contribution in [1.29, 1.82) is 0 Å². The molecule has 2 atom stereocenters. The van der Waals surface area contributed by atoms with Gasteiger partial charge in [-0.1, -0.05) is 25.5 Å². The van der Waals surface area contributed by atoms with E-state index in [1.54, 1.807) is 4.90 Å². The molecule has 0 aromatic heterocycles. The van der Waals surface area contributed by atoms with Crippen molar-refractivity contribution in [3.63, 3.8) is 0 Å². The Balaban J connectivity index is 1.92. The molecule has 1 amide bonds. The summed E-state index contributed by atoms with van der Waals surface area (Å²) in [6, 6.07) is 6.08. The number of carbonyl (C=O) groups excluding carboxylic acids is 1. The molecule has 1 aliphatic heterocycles. The van der Waals surface area contributed by atoms with Gasteiger partial charge in [0.25, 0.3) is 0 Å². The number of carboxylic acid groups (broad SMARTS) is 1. The molecule has 2 rings (SSSR count). The number of hydrogen-bond donors (Lipinski definition) is 2. The van der Waals surface area contributed by atoms with Gasteiger partial charge < -0.3 is 19.8 Å². The molecular formula is C22H33NO5. The molecule has 0 unspecified atom stereocenters. The highest BCUT2D eigenvalue weighted by Crippen LogP contribution is 2.35. The van der Waals surface area contributed by atoms with Gasteiger partial charge in [0.15, 0.2) is 0 Å². The van der Waals surface area contributed by atoms with Crippen LogP contribution in [0, 0.1) is 12.3 Å². The number of hydrogen-bond acceptors (Lipinski definition) is 4. The SMILES string of the molecule is CCC[C@@]1(C(=O)O)CN(C(=O)CCCc2ccc(OCC)c(C)c2)CC[C@H]1O. The van der Waals surface area contributed by atoms with Gasteiger partial charge in [0.05, 0.1) is 12.7 Å². The van der Waals surface area contributed by atoms with Crippen LogP contribution in [0.15, 0.2) is 18.2 Å². The van der Waals surface area contributed by atoms with Gasteiger partial charge in [-0.2, -0.15) is 0 Å². The van der Waals surface area contributed by atoms with Gasteiger partial charge in [0, 0.05) is 19.5 Å². The topological polar surface area (TPSA) is 87.1 Å². The van der Waals surface area contributed by atoms with Crippen molar-refractivity contribution in [2.24, 2.45) is 5.41 Å². The van der Waals surface area contributed by atoms with Crippen LogP contribution in [0.4, 0.5) is 0 Å². The summed E-state index contributed by atoms with van der Waals surface area (Å²) in [7, 11) is 0. The van der Waals surface area contributed by atoms with Crippen LogP contribution in [0.2, 0.25) is 0 Å².